The van der Waals surface area contributed by atoms with E-state index in [-0.39, 0.29) is 5.92 Å². The topological polar surface area (TPSA) is 102 Å². The van der Waals surface area contributed by atoms with E-state index in [4.69, 9.17) is 9.94 Å². The summed E-state index contributed by atoms with van der Waals surface area (Å²) in [6.07, 6.45) is 5.71. The van der Waals surface area contributed by atoms with E-state index < -0.39 is 24.0 Å². The third-order valence-electron chi connectivity index (χ3n) is 6.70. The van der Waals surface area contributed by atoms with Gasteiger partial charge in [0.2, 0.25) is 0 Å². The van der Waals surface area contributed by atoms with Gasteiger partial charge in [-0.15, -0.1) is 0 Å². The predicted octanol–water partition coefficient (Wildman–Crippen LogP) is 2.45. The SMILES string of the molecule is COC1CCN(C/C(C)=C/CC(C)C#Cc2ccc(C(=O)N(C)[C@@](C)(CO)C(=O)NO)cc2)CC1. The predicted molar refractivity (Wildman–Crippen MR) is 135 cm³/mol. The van der Waals surface area contributed by atoms with Gasteiger partial charge in [-0.05, 0) is 57.4 Å². The smallest absolute Gasteiger partial charge is 0.271 e. The lowest BCUT2D eigenvalue weighted by Crippen LogP contribution is -2.59. The average Bonchev–Trinajstić information content (AvgIpc) is 2.89. The number of nitrogens with zero attached hydrogens (tertiary/aromatic N) is 2. The van der Waals surface area contributed by atoms with Crippen molar-refractivity contribution in [1.82, 2.24) is 15.3 Å². The molecule has 0 radical (unpaired) electrons. The van der Waals surface area contributed by atoms with Crippen LogP contribution in [0.15, 0.2) is 35.9 Å². The van der Waals surface area contributed by atoms with E-state index in [0.29, 0.717) is 11.7 Å². The number of ether oxygens (including phenoxy) is 1. The van der Waals surface area contributed by atoms with Crippen molar-refractivity contribution >= 4 is 11.8 Å². The standard InChI is InChI=1S/C27H39N3O5/c1-20(6-7-21(2)18-30-16-14-24(35-5)15-17-30)8-9-22-10-12-23(13-11-22)25(32)29(4)27(3,19-31)26(33)28-34/h7,10-13,20,24,31,34H,6,14-19H2,1-5H3,(H,28,33)/b21-7+/t20?,27-/m0/s1. The first-order valence-electron chi connectivity index (χ1n) is 12.0. The molecule has 8 heteroatoms. The van der Waals surface area contributed by atoms with Gasteiger partial charge in [0, 0.05) is 50.8 Å². The lowest BCUT2D eigenvalue weighted by molar-refractivity contribution is -0.141. The van der Waals surface area contributed by atoms with Crippen molar-refractivity contribution in [3.05, 3.63) is 47.0 Å². The van der Waals surface area contributed by atoms with Gasteiger partial charge in [0.05, 0.1) is 12.7 Å². The monoisotopic (exact) mass is 485 g/mol. The van der Waals surface area contributed by atoms with Crippen molar-refractivity contribution in [1.29, 1.82) is 0 Å². The fourth-order valence-electron chi connectivity index (χ4n) is 3.93. The summed E-state index contributed by atoms with van der Waals surface area (Å²) in [5.74, 6) is 5.30. The molecule has 1 aromatic rings. The Kier molecular flexibility index (Phi) is 10.9. The van der Waals surface area contributed by atoms with Gasteiger partial charge in [0.15, 0.2) is 0 Å². The number of hydroxylamine groups is 1. The van der Waals surface area contributed by atoms with Gasteiger partial charge in [-0.1, -0.05) is 30.4 Å². The number of aliphatic hydroxyl groups excluding tert-OH is 1. The molecular weight excluding hydrogens is 446 g/mol. The first kappa shape index (κ1) is 28.5. The molecule has 1 unspecified atom stereocenters. The minimum absolute atomic E-state index is 0.193. The molecule has 1 heterocycles. The minimum Gasteiger partial charge on any atom is -0.393 e. The van der Waals surface area contributed by atoms with Crippen LogP contribution in [0.25, 0.3) is 0 Å². The number of methoxy groups -OCH3 is 1. The Bertz CT molecular complexity index is 942. The fraction of sp³-hybridized carbons (Fsp3) is 0.556. The summed E-state index contributed by atoms with van der Waals surface area (Å²) in [7, 11) is 3.19. The highest BCUT2D eigenvalue weighted by atomic mass is 16.5. The molecule has 0 aromatic heterocycles. The second kappa shape index (κ2) is 13.4. The van der Waals surface area contributed by atoms with Crippen LogP contribution in [0.5, 0.6) is 0 Å². The maximum Gasteiger partial charge on any atom is 0.271 e. The molecule has 35 heavy (non-hydrogen) atoms. The number of likely N-dealkylation sites (tertiary alicyclic amines) is 1. The normalized spacial score (nSPS) is 17.6. The average molecular weight is 486 g/mol. The number of hydrogen-bond donors (Lipinski definition) is 3. The van der Waals surface area contributed by atoms with Gasteiger partial charge in [0.1, 0.15) is 5.54 Å². The van der Waals surface area contributed by atoms with E-state index in [0.717, 1.165) is 49.4 Å². The van der Waals surface area contributed by atoms with E-state index in [1.54, 1.807) is 31.4 Å². The van der Waals surface area contributed by atoms with E-state index in [2.05, 4.69) is 36.7 Å². The van der Waals surface area contributed by atoms with Crippen LogP contribution < -0.4 is 5.48 Å². The molecule has 1 saturated heterocycles. The van der Waals surface area contributed by atoms with Gasteiger partial charge < -0.3 is 14.7 Å². The summed E-state index contributed by atoms with van der Waals surface area (Å²) in [5.41, 5.74) is 2.40. The molecule has 1 fully saturated rings. The van der Waals surface area contributed by atoms with Crippen LogP contribution in [0.2, 0.25) is 0 Å². The highest BCUT2D eigenvalue weighted by Crippen LogP contribution is 2.18. The Balaban J connectivity index is 1.92. The van der Waals surface area contributed by atoms with Crippen LogP contribution in [0, 0.1) is 17.8 Å². The summed E-state index contributed by atoms with van der Waals surface area (Å²) in [4.78, 5) is 28.3. The number of aliphatic hydroxyl groups is 1. The molecule has 0 spiro atoms. The molecule has 1 aliphatic rings. The molecule has 3 N–H and O–H groups in total. The first-order chi connectivity index (χ1) is 16.6. The number of allylic oxidation sites excluding steroid dienone is 1. The molecule has 2 rings (SSSR count). The van der Waals surface area contributed by atoms with Crippen molar-refractivity contribution in [2.24, 2.45) is 5.92 Å². The van der Waals surface area contributed by atoms with E-state index in [9.17, 15) is 14.7 Å². The highest BCUT2D eigenvalue weighted by Gasteiger charge is 2.40. The highest BCUT2D eigenvalue weighted by molar-refractivity contribution is 5.98. The molecule has 1 aromatic carbocycles. The van der Waals surface area contributed by atoms with Gasteiger partial charge in [-0.25, -0.2) is 5.48 Å². The second-order valence-corrected chi connectivity index (χ2v) is 9.48. The number of likely N-dealkylation sites (N-methyl/N-ethyl adjacent to an activating group) is 1. The third-order valence-corrected chi connectivity index (χ3v) is 6.70. The molecule has 0 bridgehead atoms. The number of piperidine rings is 1. The molecule has 1 aliphatic heterocycles. The minimum atomic E-state index is -1.59. The van der Waals surface area contributed by atoms with Crippen molar-refractivity contribution in [3.63, 3.8) is 0 Å². The zero-order chi connectivity index (χ0) is 26.0. The number of benzene rings is 1. The maximum atomic E-state index is 12.8. The summed E-state index contributed by atoms with van der Waals surface area (Å²) in [6, 6.07) is 6.79. The van der Waals surface area contributed by atoms with Crippen LogP contribution in [0.3, 0.4) is 0 Å². The van der Waals surface area contributed by atoms with Crippen molar-refractivity contribution in [3.8, 4) is 11.8 Å². The summed E-state index contributed by atoms with van der Waals surface area (Å²) >= 11 is 0. The zero-order valence-electron chi connectivity index (χ0n) is 21.5. The Morgan fingerprint density at radius 1 is 1.31 bits per heavy atom. The first-order valence-corrected chi connectivity index (χ1v) is 12.0. The Morgan fingerprint density at radius 2 is 1.94 bits per heavy atom. The summed E-state index contributed by atoms with van der Waals surface area (Å²) < 4.78 is 5.44. The van der Waals surface area contributed by atoms with Crippen LogP contribution in [0.1, 0.15) is 56.0 Å². The van der Waals surface area contributed by atoms with Crippen LogP contribution in [-0.2, 0) is 9.53 Å². The molecule has 0 saturated carbocycles. The molecular formula is C27H39N3O5. The number of nitrogens with one attached hydrogen (secondary N) is 1. The van der Waals surface area contributed by atoms with Gasteiger partial charge in [-0.2, -0.15) is 0 Å². The number of rotatable bonds is 9. The number of hydrogen-bond acceptors (Lipinski definition) is 6. The van der Waals surface area contributed by atoms with E-state index in [1.165, 1.54) is 25.0 Å². The zero-order valence-corrected chi connectivity index (χ0v) is 21.5. The van der Waals surface area contributed by atoms with Gasteiger partial charge in [0.25, 0.3) is 11.8 Å². The quantitative estimate of drug-likeness (QED) is 0.215. The lowest BCUT2D eigenvalue weighted by atomic mass is 9.99. The van der Waals surface area contributed by atoms with Crippen molar-refractivity contribution < 1.29 is 24.6 Å². The van der Waals surface area contributed by atoms with Gasteiger partial charge >= 0.3 is 0 Å². The van der Waals surface area contributed by atoms with Crippen LogP contribution in [0.4, 0.5) is 0 Å². The Hall–Kier alpha value is -2.70. The third kappa shape index (κ3) is 7.91. The van der Waals surface area contributed by atoms with E-state index in [1.807, 2.05) is 0 Å². The fourth-order valence-corrected chi connectivity index (χ4v) is 3.93. The Labute approximate surface area is 208 Å². The lowest BCUT2D eigenvalue weighted by Gasteiger charge is -2.35. The van der Waals surface area contributed by atoms with Crippen LogP contribution in [-0.4, -0.2) is 84.0 Å². The van der Waals surface area contributed by atoms with Crippen molar-refractivity contribution in [2.45, 2.75) is 51.7 Å². The van der Waals surface area contributed by atoms with Crippen LogP contribution >= 0.6 is 0 Å². The van der Waals surface area contributed by atoms with Crippen molar-refractivity contribution in [2.75, 3.05) is 40.4 Å². The molecule has 2 amide bonds. The number of carbonyl (C=O) groups excluding carboxylic acids is 2. The Morgan fingerprint density at radius 3 is 2.49 bits per heavy atom. The largest absolute Gasteiger partial charge is 0.393 e. The number of carbonyl (C=O) groups is 2. The molecule has 8 nitrogen and oxygen atoms in total. The molecule has 2 atom stereocenters. The maximum absolute atomic E-state index is 12.8. The second-order valence-electron chi connectivity index (χ2n) is 9.48. The molecule has 192 valence electrons. The molecule has 0 aliphatic carbocycles. The number of amides is 2. The summed E-state index contributed by atoms with van der Waals surface area (Å²) in [5, 5.41) is 18.5. The summed E-state index contributed by atoms with van der Waals surface area (Å²) in [6.45, 7) is 8.12. The van der Waals surface area contributed by atoms with Gasteiger partial charge in [-0.3, -0.25) is 19.7 Å². The van der Waals surface area contributed by atoms with E-state index >= 15 is 0 Å².